The van der Waals surface area contributed by atoms with E-state index < -0.39 is 0 Å². The molecule has 0 atom stereocenters. The van der Waals surface area contributed by atoms with Gasteiger partial charge in [-0.15, -0.1) is 11.8 Å². The first-order chi connectivity index (χ1) is 7.26. The Labute approximate surface area is 94.3 Å². The van der Waals surface area contributed by atoms with Crippen LogP contribution in [0.3, 0.4) is 0 Å². The summed E-state index contributed by atoms with van der Waals surface area (Å²) in [5.41, 5.74) is 0.540. The summed E-state index contributed by atoms with van der Waals surface area (Å²) >= 11 is 1.47. The summed E-state index contributed by atoms with van der Waals surface area (Å²) in [7, 11) is 0. The average molecular weight is 222 g/mol. The van der Waals surface area contributed by atoms with Crippen LogP contribution in [0.15, 0.2) is 11.2 Å². The lowest BCUT2D eigenvalue weighted by Crippen LogP contribution is -2.24. The Morgan fingerprint density at radius 2 is 2.13 bits per heavy atom. The Morgan fingerprint density at radius 3 is 2.60 bits per heavy atom. The molecule has 5 heteroatoms. The number of hydrogen-bond donors (Lipinski definition) is 0. The summed E-state index contributed by atoms with van der Waals surface area (Å²) in [6, 6.07) is 2.08. The maximum absolute atomic E-state index is 8.84. The lowest BCUT2D eigenvalue weighted by atomic mass is 10.4. The van der Waals surface area contributed by atoms with E-state index in [0.29, 0.717) is 11.5 Å². The van der Waals surface area contributed by atoms with E-state index in [-0.39, 0.29) is 0 Å². The Bertz CT molecular complexity index is 368. The van der Waals surface area contributed by atoms with Gasteiger partial charge in [0.25, 0.3) is 0 Å². The molecule has 1 aromatic rings. The van der Waals surface area contributed by atoms with Gasteiger partial charge in [-0.3, -0.25) is 0 Å². The zero-order valence-electron chi connectivity index (χ0n) is 9.19. The molecule has 0 aliphatic carbocycles. The van der Waals surface area contributed by atoms with E-state index in [1.807, 2.05) is 6.26 Å². The van der Waals surface area contributed by atoms with Gasteiger partial charge in [0.15, 0.2) is 0 Å². The third kappa shape index (κ3) is 2.60. The summed E-state index contributed by atoms with van der Waals surface area (Å²) < 4.78 is 0. The lowest BCUT2D eigenvalue weighted by molar-refractivity contribution is 0.806. The molecule has 80 valence electrons. The van der Waals surface area contributed by atoms with Crippen molar-refractivity contribution in [1.29, 1.82) is 5.26 Å². The van der Waals surface area contributed by atoms with Crippen molar-refractivity contribution >= 4 is 17.7 Å². The second-order valence-corrected chi connectivity index (χ2v) is 3.67. The van der Waals surface area contributed by atoms with E-state index in [0.717, 1.165) is 18.1 Å². The van der Waals surface area contributed by atoms with Gasteiger partial charge in [0.05, 0.1) is 6.20 Å². The first-order valence-corrected chi connectivity index (χ1v) is 6.05. The molecule has 1 rings (SSSR count). The van der Waals surface area contributed by atoms with Crippen molar-refractivity contribution in [3.63, 3.8) is 0 Å². The van der Waals surface area contributed by atoms with Crippen molar-refractivity contribution in [3.05, 3.63) is 11.8 Å². The van der Waals surface area contributed by atoms with Crippen molar-refractivity contribution in [2.24, 2.45) is 0 Å². The second kappa shape index (κ2) is 5.56. The molecule has 1 aromatic heterocycles. The number of rotatable bonds is 4. The minimum atomic E-state index is 0.540. The lowest BCUT2D eigenvalue weighted by Gasteiger charge is -2.18. The molecule has 0 aliphatic heterocycles. The third-order valence-electron chi connectivity index (χ3n) is 2.10. The number of nitrogens with zero attached hydrogens (tertiary/aromatic N) is 4. The van der Waals surface area contributed by atoms with Crippen LogP contribution in [-0.4, -0.2) is 29.3 Å². The zero-order chi connectivity index (χ0) is 11.3. The van der Waals surface area contributed by atoms with Gasteiger partial charge in [-0.25, -0.2) is 9.97 Å². The van der Waals surface area contributed by atoms with E-state index in [9.17, 15) is 0 Å². The average Bonchev–Trinajstić information content (AvgIpc) is 2.30. The maximum atomic E-state index is 8.84. The molecule has 1 heterocycles. The number of thioether (sulfide) groups is 1. The Morgan fingerprint density at radius 1 is 1.47 bits per heavy atom. The monoisotopic (exact) mass is 222 g/mol. The number of anilines is 1. The van der Waals surface area contributed by atoms with E-state index in [4.69, 9.17) is 5.26 Å². The summed E-state index contributed by atoms with van der Waals surface area (Å²) in [5.74, 6) is 0.698. The van der Waals surface area contributed by atoms with Crippen molar-refractivity contribution in [1.82, 2.24) is 9.97 Å². The summed E-state index contributed by atoms with van der Waals surface area (Å²) in [4.78, 5) is 10.6. The minimum Gasteiger partial charge on any atom is -0.341 e. The fraction of sp³-hybridized carbons (Fsp3) is 0.500. The molecule has 0 saturated carbocycles. The normalized spacial score (nSPS) is 9.73. The Kier molecular flexibility index (Phi) is 4.37. The maximum Gasteiger partial charge on any atom is 0.226 e. The van der Waals surface area contributed by atoms with Crippen LogP contribution in [0.2, 0.25) is 0 Å². The van der Waals surface area contributed by atoms with Gasteiger partial charge in [-0.05, 0) is 20.1 Å². The van der Waals surface area contributed by atoms with E-state index in [1.54, 1.807) is 6.20 Å². The Balaban J connectivity index is 3.08. The molecular formula is C10H14N4S. The Hall–Kier alpha value is -1.28. The highest BCUT2D eigenvalue weighted by atomic mass is 32.2. The molecule has 0 aliphatic rings. The van der Waals surface area contributed by atoms with E-state index in [1.165, 1.54) is 11.8 Å². The quantitative estimate of drug-likeness (QED) is 0.575. The van der Waals surface area contributed by atoms with Gasteiger partial charge < -0.3 is 4.90 Å². The van der Waals surface area contributed by atoms with Crippen molar-refractivity contribution in [2.75, 3.05) is 24.2 Å². The number of nitriles is 1. The molecule has 0 fully saturated rings. The van der Waals surface area contributed by atoms with Crippen LogP contribution >= 0.6 is 11.8 Å². The second-order valence-electron chi connectivity index (χ2n) is 2.88. The predicted molar refractivity (Wildman–Crippen MR) is 62.1 cm³/mol. The van der Waals surface area contributed by atoms with Crippen LogP contribution in [0.5, 0.6) is 0 Å². The van der Waals surface area contributed by atoms with Gasteiger partial charge in [0.2, 0.25) is 5.95 Å². The van der Waals surface area contributed by atoms with Crippen molar-refractivity contribution < 1.29 is 0 Å². The number of hydrogen-bond acceptors (Lipinski definition) is 5. The molecule has 0 bridgehead atoms. The highest BCUT2D eigenvalue weighted by Crippen LogP contribution is 2.19. The van der Waals surface area contributed by atoms with Crippen LogP contribution in [0.4, 0.5) is 5.95 Å². The molecule has 0 unspecified atom stereocenters. The van der Waals surface area contributed by atoms with E-state index >= 15 is 0 Å². The largest absolute Gasteiger partial charge is 0.341 e. The van der Waals surface area contributed by atoms with Crippen LogP contribution in [0.25, 0.3) is 0 Å². The topological polar surface area (TPSA) is 52.8 Å². The van der Waals surface area contributed by atoms with Crippen LogP contribution in [0.1, 0.15) is 19.4 Å². The fourth-order valence-corrected chi connectivity index (χ4v) is 1.74. The highest BCUT2D eigenvalue weighted by Gasteiger charge is 2.09. The highest BCUT2D eigenvalue weighted by molar-refractivity contribution is 7.98. The molecule has 15 heavy (non-hydrogen) atoms. The molecule has 0 saturated heterocycles. The number of aromatic nitrogens is 2. The summed E-state index contributed by atoms with van der Waals surface area (Å²) in [6.07, 6.45) is 3.50. The van der Waals surface area contributed by atoms with E-state index in [2.05, 4.69) is 34.8 Å². The van der Waals surface area contributed by atoms with Gasteiger partial charge in [0.1, 0.15) is 16.7 Å². The zero-order valence-corrected chi connectivity index (χ0v) is 10.0. The molecule has 0 N–H and O–H groups in total. The van der Waals surface area contributed by atoms with Crippen LogP contribution in [-0.2, 0) is 0 Å². The van der Waals surface area contributed by atoms with Crippen molar-refractivity contribution in [2.45, 2.75) is 18.9 Å². The summed E-state index contributed by atoms with van der Waals surface area (Å²) in [5, 5.41) is 9.58. The molecule has 0 spiro atoms. The third-order valence-corrected chi connectivity index (χ3v) is 2.80. The van der Waals surface area contributed by atoms with Gasteiger partial charge >= 0.3 is 0 Å². The first kappa shape index (κ1) is 11.8. The van der Waals surface area contributed by atoms with Crippen LogP contribution < -0.4 is 4.90 Å². The van der Waals surface area contributed by atoms with Crippen LogP contribution in [0, 0.1) is 11.3 Å². The SMILES string of the molecule is CCN(CC)c1ncc(C#N)c(SC)n1. The molecule has 0 amide bonds. The van der Waals surface area contributed by atoms with Gasteiger partial charge in [0, 0.05) is 13.1 Å². The summed E-state index contributed by atoms with van der Waals surface area (Å²) in [6.45, 7) is 5.86. The smallest absolute Gasteiger partial charge is 0.226 e. The molecule has 0 aromatic carbocycles. The van der Waals surface area contributed by atoms with Gasteiger partial charge in [-0.1, -0.05) is 0 Å². The standard InChI is InChI=1S/C10H14N4S/c1-4-14(5-2)10-12-7-8(6-11)9(13-10)15-3/h7H,4-5H2,1-3H3. The first-order valence-electron chi connectivity index (χ1n) is 4.82. The molecule has 4 nitrogen and oxygen atoms in total. The minimum absolute atomic E-state index is 0.540. The molecule has 0 radical (unpaired) electrons. The van der Waals surface area contributed by atoms with Gasteiger partial charge in [-0.2, -0.15) is 5.26 Å². The molecular weight excluding hydrogens is 208 g/mol. The van der Waals surface area contributed by atoms with Crippen molar-refractivity contribution in [3.8, 4) is 6.07 Å². The predicted octanol–water partition coefficient (Wildman–Crippen LogP) is 1.92. The fourth-order valence-electron chi connectivity index (χ4n) is 1.25.